The Morgan fingerprint density at radius 1 is 1.80 bits per heavy atom. The minimum atomic E-state index is -1.13. The van der Waals surface area contributed by atoms with E-state index >= 15 is 0 Å². The lowest BCUT2D eigenvalue weighted by Crippen LogP contribution is -2.32. The van der Waals surface area contributed by atoms with Gasteiger partial charge in [-0.25, -0.2) is 0 Å². The summed E-state index contributed by atoms with van der Waals surface area (Å²) in [6, 6.07) is 0. The van der Waals surface area contributed by atoms with Crippen LogP contribution in [0.3, 0.4) is 0 Å². The summed E-state index contributed by atoms with van der Waals surface area (Å²) >= 11 is 0. The fourth-order valence-electron chi connectivity index (χ4n) is 1.02. The average Bonchev–Trinajstić information content (AvgIpc) is 2.13. The van der Waals surface area contributed by atoms with Crippen molar-refractivity contribution >= 4 is 11.9 Å². The van der Waals surface area contributed by atoms with Crippen molar-refractivity contribution in [1.29, 1.82) is 0 Å². The van der Waals surface area contributed by atoms with Crippen molar-refractivity contribution < 1.29 is 14.7 Å². The number of hydrogen-bond donors (Lipinski definition) is 0. The topological polar surface area (TPSA) is 60.4 Å². The SMILES string of the molecule is CN1CC(C(=O)[O-])CC1=O. The second-order valence-electron chi connectivity index (χ2n) is 2.49. The minimum Gasteiger partial charge on any atom is -0.550 e. The van der Waals surface area contributed by atoms with Crippen LogP contribution in [0.2, 0.25) is 0 Å². The number of carboxylic acid groups (broad SMARTS) is 1. The first-order chi connectivity index (χ1) is 4.61. The molecule has 0 N–H and O–H groups in total. The second-order valence-corrected chi connectivity index (χ2v) is 2.49. The predicted octanol–water partition coefficient (Wildman–Crippen LogP) is -1.79. The van der Waals surface area contributed by atoms with Crippen molar-refractivity contribution in [2.75, 3.05) is 13.6 Å². The molecule has 0 saturated carbocycles. The number of rotatable bonds is 1. The minimum absolute atomic E-state index is 0.0961. The molecule has 0 spiro atoms. The summed E-state index contributed by atoms with van der Waals surface area (Å²) < 4.78 is 0. The van der Waals surface area contributed by atoms with E-state index in [2.05, 4.69) is 0 Å². The van der Waals surface area contributed by atoms with Crippen LogP contribution >= 0.6 is 0 Å². The quantitative estimate of drug-likeness (QED) is 0.434. The number of likely N-dealkylation sites (tertiary alicyclic amines) is 1. The van der Waals surface area contributed by atoms with E-state index in [0.717, 1.165) is 0 Å². The molecule has 56 valence electrons. The Balaban J connectivity index is 2.57. The molecule has 0 aromatic carbocycles. The lowest BCUT2D eigenvalue weighted by atomic mass is 10.1. The van der Waals surface area contributed by atoms with E-state index in [0.29, 0.717) is 6.54 Å². The Labute approximate surface area is 58.4 Å². The molecule has 4 nitrogen and oxygen atoms in total. The van der Waals surface area contributed by atoms with Crippen LogP contribution in [0.15, 0.2) is 0 Å². The van der Waals surface area contributed by atoms with Gasteiger partial charge in [-0.05, 0) is 0 Å². The molecule has 4 heteroatoms. The number of carbonyl (C=O) groups excluding carboxylic acids is 2. The summed E-state index contributed by atoms with van der Waals surface area (Å²) in [5.41, 5.74) is 0. The highest BCUT2D eigenvalue weighted by molar-refractivity contribution is 5.85. The predicted molar refractivity (Wildman–Crippen MR) is 30.8 cm³/mol. The van der Waals surface area contributed by atoms with Gasteiger partial charge >= 0.3 is 0 Å². The average molecular weight is 142 g/mol. The third-order valence-electron chi connectivity index (χ3n) is 1.67. The molecule has 1 heterocycles. The van der Waals surface area contributed by atoms with Crippen LogP contribution in [-0.2, 0) is 9.59 Å². The molecule has 10 heavy (non-hydrogen) atoms. The fraction of sp³-hybridized carbons (Fsp3) is 0.667. The number of amides is 1. The molecule has 0 bridgehead atoms. The van der Waals surface area contributed by atoms with Gasteiger partial charge in [0.25, 0.3) is 0 Å². The Kier molecular flexibility index (Phi) is 1.61. The molecule has 0 aromatic rings. The number of aliphatic carboxylic acids is 1. The van der Waals surface area contributed by atoms with Gasteiger partial charge in [-0.1, -0.05) is 0 Å². The van der Waals surface area contributed by atoms with E-state index in [-0.39, 0.29) is 12.3 Å². The number of nitrogens with zero attached hydrogens (tertiary/aromatic N) is 1. The van der Waals surface area contributed by atoms with Crippen LogP contribution in [0.25, 0.3) is 0 Å². The molecule has 1 amide bonds. The lowest BCUT2D eigenvalue weighted by Gasteiger charge is -2.09. The van der Waals surface area contributed by atoms with Crippen molar-refractivity contribution in [3.05, 3.63) is 0 Å². The zero-order valence-electron chi connectivity index (χ0n) is 5.66. The molecule has 1 atom stereocenters. The molecule has 1 unspecified atom stereocenters. The summed E-state index contributed by atoms with van der Waals surface area (Å²) in [4.78, 5) is 22.3. The highest BCUT2D eigenvalue weighted by atomic mass is 16.4. The third kappa shape index (κ3) is 1.10. The van der Waals surface area contributed by atoms with Crippen molar-refractivity contribution in [3.8, 4) is 0 Å². The first kappa shape index (κ1) is 7.05. The van der Waals surface area contributed by atoms with E-state index in [9.17, 15) is 14.7 Å². The highest BCUT2D eigenvalue weighted by Gasteiger charge is 2.27. The van der Waals surface area contributed by atoms with Crippen molar-refractivity contribution in [3.63, 3.8) is 0 Å². The summed E-state index contributed by atoms with van der Waals surface area (Å²) in [6.07, 6.45) is 0.0961. The lowest BCUT2D eigenvalue weighted by molar-refractivity contribution is -0.311. The number of carbonyl (C=O) groups is 2. The van der Waals surface area contributed by atoms with Gasteiger partial charge < -0.3 is 14.8 Å². The van der Waals surface area contributed by atoms with Crippen LogP contribution in [-0.4, -0.2) is 30.4 Å². The second kappa shape index (κ2) is 2.28. The Morgan fingerprint density at radius 3 is 2.60 bits per heavy atom. The van der Waals surface area contributed by atoms with Gasteiger partial charge in [0.15, 0.2) is 0 Å². The zero-order valence-corrected chi connectivity index (χ0v) is 5.66. The summed E-state index contributed by atoms with van der Waals surface area (Å²) in [5, 5.41) is 10.2. The molecule has 1 fully saturated rings. The number of carboxylic acids is 1. The van der Waals surface area contributed by atoms with E-state index in [1.54, 1.807) is 7.05 Å². The Morgan fingerprint density at radius 2 is 2.40 bits per heavy atom. The van der Waals surface area contributed by atoms with Gasteiger partial charge in [-0.2, -0.15) is 0 Å². The van der Waals surface area contributed by atoms with Gasteiger partial charge in [-0.3, -0.25) is 4.79 Å². The molecule has 1 aliphatic heterocycles. The summed E-state index contributed by atoms with van der Waals surface area (Å²) in [5.74, 6) is -1.84. The largest absolute Gasteiger partial charge is 0.550 e. The van der Waals surface area contributed by atoms with Crippen LogP contribution < -0.4 is 5.11 Å². The molecule has 0 radical (unpaired) electrons. The smallest absolute Gasteiger partial charge is 0.223 e. The van der Waals surface area contributed by atoms with Crippen LogP contribution in [0, 0.1) is 5.92 Å². The van der Waals surface area contributed by atoms with Gasteiger partial charge in [-0.15, -0.1) is 0 Å². The first-order valence-electron chi connectivity index (χ1n) is 3.06. The summed E-state index contributed by atoms with van der Waals surface area (Å²) in [7, 11) is 1.59. The first-order valence-corrected chi connectivity index (χ1v) is 3.06. The molecule has 1 rings (SSSR count). The van der Waals surface area contributed by atoms with Crippen LogP contribution in [0.4, 0.5) is 0 Å². The van der Waals surface area contributed by atoms with E-state index in [1.165, 1.54) is 4.90 Å². The monoisotopic (exact) mass is 142 g/mol. The maximum Gasteiger partial charge on any atom is 0.223 e. The molecular formula is C6H8NO3-. The van der Waals surface area contributed by atoms with Gasteiger partial charge in [0.1, 0.15) is 0 Å². The van der Waals surface area contributed by atoms with Crippen molar-refractivity contribution in [1.82, 2.24) is 4.90 Å². The normalized spacial score (nSPS) is 25.5. The molecule has 1 saturated heterocycles. The maximum atomic E-state index is 10.7. The molecule has 0 aromatic heterocycles. The molecule has 1 aliphatic rings. The molecule has 0 aliphatic carbocycles. The van der Waals surface area contributed by atoms with Crippen molar-refractivity contribution in [2.24, 2.45) is 5.92 Å². The summed E-state index contributed by atoms with van der Waals surface area (Å²) in [6.45, 7) is 0.293. The highest BCUT2D eigenvalue weighted by Crippen LogP contribution is 2.14. The third-order valence-corrected chi connectivity index (χ3v) is 1.67. The van der Waals surface area contributed by atoms with Gasteiger partial charge in [0.05, 0.1) is 0 Å². The fourth-order valence-corrected chi connectivity index (χ4v) is 1.02. The van der Waals surface area contributed by atoms with Gasteiger partial charge in [0.2, 0.25) is 5.91 Å². The number of hydrogen-bond acceptors (Lipinski definition) is 3. The van der Waals surface area contributed by atoms with E-state index < -0.39 is 11.9 Å². The van der Waals surface area contributed by atoms with Crippen LogP contribution in [0.1, 0.15) is 6.42 Å². The van der Waals surface area contributed by atoms with Gasteiger partial charge in [0, 0.05) is 31.9 Å². The van der Waals surface area contributed by atoms with E-state index in [1.807, 2.05) is 0 Å². The maximum absolute atomic E-state index is 10.7. The zero-order chi connectivity index (χ0) is 7.72. The van der Waals surface area contributed by atoms with Crippen LogP contribution in [0.5, 0.6) is 0 Å². The Bertz CT molecular complexity index is 178. The molecular weight excluding hydrogens is 134 g/mol. The van der Waals surface area contributed by atoms with E-state index in [4.69, 9.17) is 0 Å². The Hall–Kier alpha value is -1.06. The standard InChI is InChI=1S/C6H9NO3/c1-7-3-4(6(9)10)2-5(7)8/h4H,2-3H2,1H3,(H,9,10)/p-1. The van der Waals surface area contributed by atoms with Crippen molar-refractivity contribution in [2.45, 2.75) is 6.42 Å².